The highest BCUT2D eigenvalue weighted by Crippen LogP contribution is 2.58. The van der Waals surface area contributed by atoms with Crippen LogP contribution >= 0.6 is 0 Å². The van der Waals surface area contributed by atoms with E-state index in [0.717, 1.165) is 11.3 Å². The van der Waals surface area contributed by atoms with Gasteiger partial charge >= 0.3 is 0 Å². The number of Topliss-reactive ketones (excluding diaryl/α,β-unsaturated/α-hetero) is 2. The highest BCUT2D eigenvalue weighted by molar-refractivity contribution is 6.18. The molecule has 0 saturated carbocycles. The Morgan fingerprint density at radius 1 is 0.884 bits per heavy atom. The van der Waals surface area contributed by atoms with E-state index in [1.807, 2.05) is 59.5 Å². The van der Waals surface area contributed by atoms with Crippen LogP contribution in [0.4, 0.5) is 17.1 Å². The molecule has 43 heavy (non-hydrogen) atoms. The van der Waals surface area contributed by atoms with Crippen LogP contribution in [0.25, 0.3) is 6.08 Å². The summed E-state index contributed by atoms with van der Waals surface area (Å²) in [6, 6.07) is 25.0. The number of carbonyl (C=O) groups is 3. The Hall–Kier alpha value is -5.57. The molecule has 3 heterocycles. The van der Waals surface area contributed by atoms with E-state index in [-0.39, 0.29) is 22.9 Å². The lowest BCUT2D eigenvalue weighted by molar-refractivity contribution is -0.384. The van der Waals surface area contributed by atoms with Gasteiger partial charge in [0.25, 0.3) is 5.69 Å². The van der Waals surface area contributed by atoms with Crippen LogP contribution in [-0.2, 0) is 10.2 Å². The number of nitro groups is 1. The molecule has 0 bridgehead atoms. The summed E-state index contributed by atoms with van der Waals surface area (Å²) in [5, 5.41) is 14.3. The van der Waals surface area contributed by atoms with Crippen LogP contribution in [0.15, 0.2) is 103 Å². The molecule has 3 aliphatic heterocycles. The number of anilines is 2. The Kier molecular flexibility index (Phi) is 5.98. The van der Waals surface area contributed by atoms with Crippen molar-refractivity contribution in [2.75, 3.05) is 17.3 Å². The minimum absolute atomic E-state index is 0.154. The first-order valence-corrected chi connectivity index (χ1v) is 13.8. The average molecular weight is 572 g/mol. The summed E-state index contributed by atoms with van der Waals surface area (Å²) in [4.78, 5) is 56.5. The molecule has 7 rings (SSSR count). The number of nitrogens with one attached hydrogen (secondary N) is 1. The molecule has 4 aromatic carbocycles. The monoisotopic (exact) mass is 571 g/mol. The topological polar surface area (TPSA) is 119 Å². The molecule has 4 aromatic rings. The van der Waals surface area contributed by atoms with Gasteiger partial charge in [-0.3, -0.25) is 24.5 Å². The zero-order valence-electron chi connectivity index (χ0n) is 23.0. The number of amides is 1. The van der Waals surface area contributed by atoms with Gasteiger partial charge in [0.05, 0.1) is 24.0 Å². The number of rotatable bonds is 6. The molecule has 1 saturated heterocycles. The number of benzene rings is 4. The molecule has 9 nitrogen and oxygen atoms in total. The van der Waals surface area contributed by atoms with Crippen molar-refractivity contribution in [3.8, 4) is 5.75 Å². The van der Waals surface area contributed by atoms with Gasteiger partial charge in [0.2, 0.25) is 5.91 Å². The Morgan fingerprint density at radius 3 is 2.26 bits per heavy atom. The summed E-state index contributed by atoms with van der Waals surface area (Å²) in [5.74, 6) is -1.72. The Morgan fingerprint density at radius 2 is 1.53 bits per heavy atom. The summed E-state index contributed by atoms with van der Waals surface area (Å²) < 4.78 is 5.30. The molecule has 1 N–H and O–H groups in total. The maximum Gasteiger partial charge on any atom is 0.269 e. The second-order valence-corrected chi connectivity index (χ2v) is 10.8. The van der Waals surface area contributed by atoms with E-state index in [1.165, 1.54) is 31.4 Å². The molecule has 3 aliphatic rings. The van der Waals surface area contributed by atoms with E-state index in [9.17, 15) is 24.5 Å². The third kappa shape index (κ3) is 3.74. The predicted octanol–water partition coefficient (Wildman–Crippen LogP) is 5.46. The number of non-ortho nitro benzene ring substituents is 1. The van der Waals surface area contributed by atoms with Crippen LogP contribution in [0, 0.1) is 16.0 Å². The minimum Gasteiger partial charge on any atom is -0.497 e. The lowest BCUT2D eigenvalue weighted by atomic mass is 9.64. The molecule has 0 aliphatic carbocycles. The van der Waals surface area contributed by atoms with Crippen LogP contribution in [0.5, 0.6) is 5.75 Å². The quantitative estimate of drug-likeness (QED) is 0.185. The van der Waals surface area contributed by atoms with Crippen LogP contribution in [-0.4, -0.2) is 41.6 Å². The van der Waals surface area contributed by atoms with Gasteiger partial charge < -0.3 is 15.0 Å². The number of hydrogen-bond acceptors (Lipinski definition) is 7. The summed E-state index contributed by atoms with van der Waals surface area (Å²) in [6.45, 7) is 0. The van der Waals surface area contributed by atoms with Crippen LogP contribution in [0.2, 0.25) is 0 Å². The van der Waals surface area contributed by atoms with Gasteiger partial charge in [-0.15, -0.1) is 0 Å². The average Bonchev–Trinajstić information content (AvgIpc) is 3.52. The number of nitro benzene ring substituents is 1. The molecule has 0 radical (unpaired) electrons. The summed E-state index contributed by atoms with van der Waals surface area (Å²) in [7, 11) is 1.53. The van der Waals surface area contributed by atoms with Gasteiger partial charge in [0, 0.05) is 34.6 Å². The number of ketones is 2. The first-order valence-electron chi connectivity index (χ1n) is 13.8. The van der Waals surface area contributed by atoms with E-state index in [0.29, 0.717) is 22.6 Å². The van der Waals surface area contributed by atoms with E-state index < -0.39 is 34.1 Å². The van der Waals surface area contributed by atoms with Crippen LogP contribution in [0.3, 0.4) is 0 Å². The SMILES string of the molecule is COc1ccc(C(=O)C2C(C(=O)c3ccc([N+](=O)[O-])cc3)N3c4ccccc4C=CC3C23C(=O)Nc2ccccc23)cc1. The summed E-state index contributed by atoms with van der Waals surface area (Å²) in [5.41, 5.74) is 1.74. The second-order valence-electron chi connectivity index (χ2n) is 10.8. The first-order chi connectivity index (χ1) is 20.9. The lowest BCUT2D eigenvalue weighted by Gasteiger charge is -2.37. The minimum atomic E-state index is -1.45. The van der Waals surface area contributed by atoms with Crippen molar-refractivity contribution in [1.82, 2.24) is 0 Å². The van der Waals surface area contributed by atoms with E-state index in [1.54, 1.807) is 30.3 Å². The van der Waals surface area contributed by atoms with Gasteiger partial charge in [-0.05, 0) is 59.7 Å². The molecule has 212 valence electrons. The van der Waals surface area contributed by atoms with Gasteiger partial charge in [-0.2, -0.15) is 0 Å². The number of ether oxygens (including phenoxy) is 1. The summed E-state index contributed by atoms with van der Waals surface area (Å²) in [6.07, 6.45) is 3.83. The number of carbonyl (C=O) groups excluding carboxylic acids is 3. The lowest BCUT2D eigenvalue weighted by Crippen LogP contribution is -2.51. The Bertz CT molecular complexity index is 1850. The predicted molar refractivity (Wildman–Crippen MR) is 161 cm³/mol. The number of fused-ring (bicyclic) bond motifs is 6. The van der Waals surface area contributed by atoms with Crippen molar-refractivity contribution in [2.45, 2.75) is 17.5 Å². The molecular weight excluding hydrogens is 546 g/mol. The maximum atomic E-state index is 14.8. The van der Waals surface area contributed by atoms with Crippen molar-refractivity contribution < 1.29 is 24.0 Å². The maximum absolute atomic E-state index is 14.8. The van der Waals surface area contributed by atoms with Crippen LogP contribution in [0.1, 0.15) is 31.8 Å². The molecule has 4 unspecified atom stereocenters. The normalized spacial score (nSPS) is 22.9. The van der Waals surface area contributed by atoms with Gasteiger partial charge in [-0.25, -0.2) is 0 Å². The first kappa shape index (κ1) is 26.3. The molecule has 1 fully saturated rings. The molecule has 4 atom stereocenters. The Labute approximate surface area is 246 Å². The summed E-state index contributed by atoms with van der Waals surface area (Å²) >= 11 is 0. The molecule has 1 amide bonds. The number of nitrogens with zero attached hydrogens (tertiary/aromatic N) is 2. The van der Waals surface area contributed by atoms with E-state index in [4.69, 9.17) is 4.74 Å². The van der Waals surface area contributed by atoms with Crippen molar-refractivity contribution in [2.24, 2.45) is 5.92 Å². The van der Waals surface area contributed by atoms with Gasteiger partial charge in [0.1, 0.15) is 17.2 Å². The smallest absolute Gasteiger partial charge is 0.269 e. The van der Waals surface area contributed by atoms with Gasteiger partial charge in [0.15, 0.2) is 11.6 Å². The highest BCUT2D eigenvalue weighted by Gasteiger charge is 2.70. The van der Waals surface area contributed by atoms with Crippen molar-refractivity contribution in [3.63, 3.8) is 0 Å². The van der Waals surface area contributed by atoms with Crippen molar-refractivity contribution >= 4 is 40.6 Å². The third-order valence-electron chi connectivity index (χ3n) is 8.83. The highest BCUT2D eigenvalue weighted by atomic mass is 16.6. The van der Waals surface area contributed by atoms with Gasteiger partial charge in [-0.1, -0.05) is 48.6 Å². The third-order valence-corrected chi connectivity index (χ3v) is 8.83. The zero-order chi connectivity index (χ0) is 29.9. The molecule has 1 spiro atoms. The Balaban J connectivity index is 1.50. The van der Waals surface area contributed by atoms with E-state index >= 15 is 0 Å². The van der Waals surface area contributed by atoms with Crippen LogP contribution < -0.4 is 15.0 Å². The standard InChI is InChI=1S/C34H25N3O6/c1-43-24-17-12-21(13-18-24)31(38)29-30(32(39)22-10-15-23(16-11-22)37(41)42)36-27-9-5-2-6-20(27)14-19-28(36)34(29)25-7-3-4-8-26(25)35-33(34)40/h2-19,28-30H,1H3,(H,35,40). The van der Waals surface area contributed by atoms with Crippen molar-refractivity contribution in [3.05, 3.63) is 136 Å². The number of hydrogen-bond donors (Lipinski definition) is 1. The fraction of sp³-hybridized carbons (Fsp3) is 0.147. The second kappa shape index (κ2) is 9.77. The zero-order valence-corrected chi connectivity index (χ0v) is 23.0. The fourth-order valence-corrected chi connectivity index (χ4v) is 6.97. The fourth-order valence-electron chi connectivity index (χ4n) is 6.97. The molecular formula is C34H25N3O6. The molecule has 0 aromatic heterocycles. The molecule has 9 heteroatoms. The number of para-hydroxylation sites is 2. The number of methoxy groups -OCH3 is 1. The van der Waals surface area contributed by atoms with E-state index in [2.05, 4.69) is 5.32 Å². The van der Waals surface area contributed by atoms with Crippen molar-refractivity contribution in [1.29, 1.82) is 0 Å². The largest absolute Gasteiger partial charge is 0.497 e.